The summed E-state index contributed by atoms with van der Waals surface area (Å²) in [6, 6.07) is 11.0. The highest BCUT2D eigenvalue weighted by molar-refractivity contribution is 6.28. The maximum atomic E-state index is 6.05. The molecule has 4 heterocycles. The van der Waals surface area contributed by atoms with Crippen LogP contribution in [0.2, 0.25) is 5.22 Å². The summed E-state index contributed by atoms with van der Waals surface area (Å²) in [5.74, 6) is 1.44. The molecule has 0 saturated heterocycles. The zero-order valence-corrected chi connectivity index (χ0v) is 11.5. The van der Waals surface area contributed by atoms with Crippen molar-refractivity contribution in [2.75, 3.05) is 5.73 Å². The highest BCUT2D eigenvalue weighted by Crippen LogP contribution is 2.26. The summed E-state index contributed by atoms with van der Waals surface area (Å²) in [6.45, 7) is 0. The lowest BCUT2D eigenvalue weighted by Gasteiger charge is -2.02. The minimum absolute atomic E-state index is 0.295. The number of hydrogen-bond acceptors (Lipinski definition) is 4. The number of halogens is 1. The Balaban J connectivity index is 1.89. The van der Waals surface area contributed by atoms with Gasteiger partial charge in [-0.2, -0.15) is 4.52 Å². The van der Waals surface area contributed by atoms with Crippen LogP contribution in [0.3, 0.4) is 0 Å². The van der Waals surface area contributed by atoms with E-state index in [0.717, 1.165) is 11.3 Å². The number of hydrogen-bond donors (Lipinski definition) is 2. The Kier molecular flexibility index (Phi) is 2.52. The maximum Gasteiger partial charge on any atom is 0.218 e. The summed E-state index contributed by atoms with van der Waals surface area (Å²) in [6.07, 6.45) is 1.86. The van der Waals surface area contributed by atoms with Crippen LogP contribution in [0.4, 0.5) is 5.82 Å². The van der Waals surface area contributed by atoms with Crippen molar-refractivity contribution >= 4 is 23.1 Å². The van der Waals surface area contributed by atoms with Crippen molar-refractivity contribution in [1.29, 1.82) is 0 Å². The fraction of sp³-hybridized carbons (Fsp3) is 0. The van der Waals surface area contributed by atoms with E-state index in [0.29, 0.717) is 28.3 Å². The molecule has 0 bridgehead atoms. The molecule has 0 radical (unpaired) electrons. The van der Waals surface area contributed by atoms with Crippen LogP contribution < -0.4 is 5.73 Å². The molecule has 4 rings (SSSR count). The predicted octanol–water partition coefficient (Wildman–Crippen LogP) is 3.22. The Labute approximate surface area is 124 Å². The normalized spacial score (nSPS) is 11.3. The molecule has 0 amide bonds. The van der Waals surface area contributed by atoms with Crippen LogP contribution in [-0.2, 0) is 0 Å². The minimum atomic E-state index is 0.295. The fourth-order valence-electron chi connectivity index (χ4n) is 2.21. The van der Waals surface area contributed by atoms with E-state index in [9.17, 15) is 0 Å². The van der Waals surface area contributed by atoms with Crippen LogP contribution in [0.25, 0.3) is 28.5 Å². The molecule has 21 heavy (non-hydrogen) atoms. The van der Waals surface area contributed by atoms with Gasteiger partial charge in [0.2, 0.25) is 5.82 Å². The molecule has 4 aromatic heterocycles. The summed E-state index contributed by atoms with van der Waals surface area (Å²) in [5, 5.41) is 4.63. The number of aromatic amines is 1. The Morgan fingerprint density at radius 1 is 1.24 bits per heavy atom. The number of pyridine rings is 1. The summed E-state index contributed by atoms with van der Waals surface area (Å²) >= 11 is 5.78. The molecule has 0 aliphatic rings. The number of rotatable bonds is 2. The number of nitrogens with one attached hydrogen (secondary N) is 1. The molecular weight excluding hydrogens is 290 g/mol. The molecule has 0 atom stereocenters. The average molecular weight is 300 g/mol. The first kappa shape index (κ1) is 12.0. The number of furan rings is 1. The summed E-state index contributed by atoms with van der Waals surface area (Å²) in [7, 11) is 0. The lowest BCUT2D eigenvalue weighted by Crippen LogP contribution is -1.99. The molecule has 4 aromatic rings. The van der Waals surface area contributed by atoms with Crippen molar-refractivity contribution in [1.82, 2.24) is 19.6 Å². The number of H-pyrrole nitrogens is 1. The third kappa shape index (κ3) is 1.96. The summed E-state index contributed by atoms with van der Waals surface area (Å²) < 4.78 is 6.89. The molecule has 0 saturated carbocycles. The van der Waals surface area contributed by atoms with Crippen LogP contribution in [-0.4, -0.2) is 19.6 Å². The Morgan fingerprint density at radius 3 is 2.86 bits per heavy atom. The van der Waals surface area contributed by atoms with Crippen molar-refractivity contribution in [2.45, 2.75) is 0 Å². The molecule has 0 spiro atoms. The van der Waals surface area contributed by atoms with Gasteiger partial charge >= 0.3 is 0 Å². The standard InChI is InChI=1S/C14H10ClN5O/c15-11-4-3-10(21-11)14-18-13-7-8(9-2-1-5-17-9)6-12(16)20(13)19-14/h1-7,17H,16H2. The lowest BCUT2D eigenvalue weighted by molar-refractivity contribution is 0.579. The van der Waals surface area contributed by atoms with E-state index in [4.69, 9.17) is 21.8 Å². The zero-order valence-electron chi connectivity index (χ0n) is 10.7. The first-order valence-electron chi connectivity index (χ1n) is 6.26. The molecule has 0 aromatic carbocycles. The second kappa shape index (κ2) is 4.39. The van der Waals surface area contributed by atoms with Gasteiger partial charge in [-0.05, 0) is 48.0 Å². The van der Waals surface area contributed by atoms with Gasteiger partial charge in [-0.1, -0.05) is 0 Å². The number of nitrogens with zero attached hydrogens (tertiary/aromatic N) is 3. The van der Waals surface area contributed by atoms with Crippen molar-refractivity contribution in [3.63, 3.8) is 0 Å². The minimum Gasteiger partial charge on any atom is -0.441 e. The third-order valence-corrected chi connectivity index (χ3v) is 3.37. The van der Waals surface area contributed by atoms with Crippen LogP contribution in [0.15, 0.2) is 47.0 Å². The molecule has 3 N–H and O–H groups in total. The van der Waals surface area contributed by atoms with Gasteiger partial charge in [0.25, 0.3) is 0 Å². The van der Waals surface area contributed by atoms with Crippen LogP contribution in [0, 0.1) is 0 Å². The van der Waals surface area contributed by atoms with Crippen LogP contribution in [0.1, 0.15) is 0 Å². The number of nitrogen functional groups attached to an aromatic ring is 1. The van der Waals surface area contributed by atoms with E-state index in [-0.39, 0.29) is 0 Å². The van der Waals surface area contributed by atoms with Gasteiger partial charge in [0.15, 0.2) is 16.6 Å². The van der Waals surface area contributed by atoms with Gasteiger partial charge in [-0.15, -0.1) is 5.10 Å². The molecule has 6 nitrogen and oxygen atoms in total. The van der Waals surface area contributed by atoms with E-state index < -0.39 is 0 Å². The SMILES string of the molecule is Nc1cc(-c2ccc[nH]2)cc2nc(-c3ccc(Cl)o3)nn12. The number of anilines is 1. The second-order valence-corrected chi connectivity index (χ2v) is 4.93. The van der Waals surface area contributed by atoms with Gasteiger partial charge in [-0.3, -0.25) is 0 Å². The van der Waals surface area contributed by atoms with Gasteiger partial charge in [-0.25, -0.2) is 4.98 Å². The smallest absolute Gasteiger partial charge is 0.218 e. The van der Waals surface area contributed by atoms with E-state index in [1.54, 1.807) is 16.6 Å². The third-order valence-electron chi connectivity index (χ3n) is 3.17. The Hall–Kier alpha value is -2.73. The van der Waals surface area contributed by atoms with Gasteiger partial charge in [0.1, 0.15) is 5.82 Å². The first-order valence-corrected chi connectivity index (χ1v) is 6.64. The predicted molar refractivity (Wildman–Crippen MR) is 79.9 cm³/mol. The van der Waals surface area contributed by atoms with Gasteiger partial charge in [0, 0.05) is 17.5 Å². The van der Waals surface area contributed by atoms with Crippen molar-refractivity contribution in [3.8, 4) is 22.8 Å². The maximum absolute atomic E-state index is 6.05. The van der Waals surface area contributed by atoms with Gasteiger partial charge < -0.3 is 15.1 Å². The number of fused-ring (bicyclic) bond motifs is 1. The highest BCUT2D eigenvalue weighted by atomic mass is 35.5. The number of nitrogens with two attached hydrogens (primary N) is 1. The monoisotopic (exact) mass is 299 g/mol. The first-order chi connectivity index (χ1) is 10.2. The van der Waals surface area contributed by atoms with E-state index in [2.05, 4.69) is 15.1 Å². The fourth-order valence-corrected chi connectivity index (χ4v) is 2.36. The van der Waals surface area contributed by atoms with Crippen molar-refractivity contribution < 1.29 is 4.42 Å². The van der Waals surface area contributed by atoms with E-state index >= 15 is 0 Å². The number of aromatic nitrogens is 4. The molecule has 0 unspecified atom stereocenters. The molecular formula is C14H10ClN5O. The average Bonchev–Trinajstić information content (AvgIpc) is 3.17. The topological polar surface area (TPSA) is 85.1 Å². The zero-order chi connectivity index (χ0) is 14.4. The Morgan fingerprint density at radius 2 is 2.14 bits per heavy atom. The summed E-state index contributed by atoms with van der Waals surface area (Å²) in [4.78, 5) is 7.57. The largest absolute Gasteiger partial charge is 0.441 e. The van der Waals surface area contributed by atoms with Gasteiger partial charge in [0.05, 0.1) is 0 Å². The van der Waals surface area contributed by atoms with E-state index in [1.807, 2.05) is 30.5 Å². The molecule has 7 heteroatoms. The van der Waals surface area contributed by atoms with E-state index in [1.165, 1.54) is 0 Å². The molecule has 0 aliphatic carbocycles. The van der Waals surface area contributed by atoms with Crippen molar-refractivity contribution in [2.24, 2.45) is 0 Å². The molecule has 0 aliphatic heterocycles. The second-order valence-electron chi connectivity index (χ2n) is 4.56. The molecule has 104 valence electrons. The van der Waals surface area contributed by atoms with Crippen molar-refractivity contribution in [3.05, 3.63) is 47.8 Å². The lowest BCUT2D eigenvalue weighted by atomic mass is 10.2. The summed E-state index contributed by atoms with van der Waals surface area (Å²) in [5.41, 5.74) is 8.60. The Bertz CT molecular complexity index is 922. The highest BCUT2D eigenvalue weighted by Gasteiger charge is 2.13. The molecule has 0 fully saturated rings. The van der Waals surface area contributed by atoms with Crippen LogP contribution in [0.5, 0.6) is 0 Å². The van der Waals surface area contributed by atoms with Crippen LogP contribution >= 0.6 is 11.6 Å². The quantitative estimate of drug-likeness (QED) is 0.595.